The average Bonchev–Trinajstić information content (AvgIpc) is 3.09. The molecule has 0 radical (unpaired) electrons. The van der Waals surface area contributed by atoms with Crippen molar-refractivity contribution in [2.75, 3.05) is 26.3 Å². The largest absolute Gasteiger partial charge is 0.490 e. The standard InChI is InChI=1S/C20H29N3O6S/c24-19(21-10-8-20(25)23-15-4-1-2-5-15)9-11-22-30(26,27)16-6-7-17-18(14-16)29-13-3-12-28-17/h6-7,14-15,22H,1-5,8-13H2,(H,21,24)(H,23,25). The summed E-state index contributed by atoms with van der Waals surface area (Å²) in [4.78, 5) is 23.8. The van der Waals surface area contributed by atoms with E-state index in [2.05, 4.69) is 15.4 Å². The monoisotopic (exact) mass is 439 g/mol. The van der Waals surface area contributed by atoms with Gasteiger partial charge in [-0.05, 0) is 25.0 Å². The van der Waals surface area contributed by atoms with E-state index in [0.717, 1.165) is 32.1 Å². The third-order valence-corrected chi connectivity index (χ3v) is 6.53. The minimum Gasteiger partial charge on any atom is -0.490 e. The second-order valence-corrected chi connectivity index (χ2v) is 9.22. The lowest BCUT2D eigenvalue weighted by molar-refractivity contribution is -0.122. The summed E-state index contributed by atoms with van der Waals surface area (Å²) in [6.07, 6.45) is 5.24. The van der Waals surface area contributed by atoms with Gasteiger partial charge in [-0.15, -0.1) is 0 Å². The number of nitrogens with one attached hydrogen (secondary N) is 3. The quantitative estimate of drug-likeness (QED) is 0.529. The van der Waals surface area contributed by atoms with E-state index in [1.54, 1.807) is 6.07 Å². The van der Waals surface area contributed by atoms with Crippen molar-refractivity contribution in [3.05, 3.63) is 18.2 Å². The van der Waals surface area contributed by atoms with Crippen LogP contribution in [-0.4, -0.2) is 52.6 Å². The first-order valence-electron chi connectivity index (χ1n) is 10.4. The molecule has 1 aliphatic carbocycles. The first kappa shape index (κ1) is 22.4. The van der Waals surface area contributed by atoms with Crippen LogP contribution in [0.3, 0.4) is 0 Å². The summed E-state index contributed by atoms with van der Waals surface area (Å²) in [7, 11) is -3.78. The fourth-order valence-corrected chi connectivity index (χ4v) is 4.51. The van der Waals surface area contributed by atoms with Crippen molar-refractivity contribution in [1.82, 2.24) is 15.4 Å². The normalized spacial score (nSPS) is 16.7. The van der Waals surface area contributed by atoms with Crippen molar-refractivity contribution in [2.45, 2.75) is 55.9 Å². The van der Waals surface area contributed by atoms with Gasteiger partial charge in [0.15, 0.2) is 11.5 Å². The molecule has 10 heteroatoms. The molecule has 1 heterocycles. The van der Waals surface area contributed by atoms with Gasteiger partial charge in [-0.3, -0.25) is 9.59 Å². The van der Waals surface area contributed by atoms with E-state index in [4.69, 9.17) is 9.47 Å². The predicted octanol–water partition coefficient (Wildman–Crippen LogP) is 1.08. The molecule has 3 N–H and O–H groups in total. The molecule has 166 valence electrons. The maximum atomic E-state index is 12.5. The number of rotatable bonds is 9. The van der Waals surface area contributed by atoms with Gasteiger partial charge in [-0.2, -0.15) is 0 Å². The highest BCUT2D eigenvalue weighted by Gasteiger charge is 2.19. The Balaban J connectivity index is 1.38. The molecule has 9 nitrogen and oxygen atoms in total. The smallest absolute Gasteiger partial charge is 0.240 e. The molecule has 1 aliphatic heterocycles. The van der Waals surface area contributed by atoms with E-state index in [9.17, 15) is 18.0 Å². The number of carbonyl (C=O) groups excluding carboxylic acids is 2. The number of amides is 2. The second-order valence-electron chi connectivity index (χ2n) is 7.46. The summed E-state index contributed by atoms with van der Waals surface area (Å²) < 4.78 is 38.4. The zero-order valence-electron chi connectivity index (χ0n) is 16.9. The number of hydrogen-bond donors (Lipinski definition) is 3. The van der Waals surface area contributed by atoms with Crippen LogP contribution in [0.15, 0.2) is 23.1 Å². The molecular weight excluding hydrogens is 410 g/mol. The van der Waals surface area contributed by atoms with Crippen LogP contribution in [0.2, 0.25) is 0 Å². The molecule has 1 fully saturated rings. The molecule has 0 saturated heterocycles. The number of benzene rings is 1. The van der Waals surface area contributed by atoms with Crippen molar-refractivity contribution in [1.29, 1.82) is 0 Å². The minimum atomic E-state index is -3.78. The Morgan fingerprint density at radius 1 is 0.933 bits per heavy atom. The van der Waals surface area contributed by atoms with Gasteiger partial charge in [-0.25, -0.2) is 13.1 Å². The van der Waals surface area contributed by atoms with Gasteiger partial charge < -0.3 is 20.1 Å². The van der Waals surface area contributed by atoms with Crippen LogP contribution in [0.4, 0.5) is 0 Å². The molecule has 0 spiro atoms. The van der Waals surface area contributed by atoms with Gasteiger partial charge in [0.1, 0.15) is 0 Å². The lowest BCUT2D eigenvalue weighted by atomic mass is 10.2. The molecule has 2 amide bonds. The Kier molecular flexibility index (Phi) is 7.92. The van der Waals surface area contributed by atoms with E-state index in [-0.39, 0.29) is 48.7 Å². The van der Waals surface area contributed by atoms with Gasteiger partial charge in [0.05, 0.1) is 18.1 Å². The first-order chi connectivity index (χ1) is 14.4. The molecule has 1 saturated carbocycles. The van der Waals surface area contributed by atoms with Crippen LogP contribution in [0.5, 0.6) is 11.5 Å². The van der Waals surface area contributed by atoms with Crippen LogP contribution >= 0.6 is 0 Å². The molecule has 3 rings (SSSR count). The summed E-state index contributed by atoms with van der Waals surface area (Å²) in [6, 6.07) is 4.69. The topological polar surface area (TPSA) is 123 Å². The molecule has 0 atom stereocenters. The zero-order valence-corrected chi connectivity index (χ0v) is 17.8. The third-order valence-electron chi connectivity index (χ3n) is 5.07. The predicted molar refractivity (Wildman–Crippen MR) is 110 cm³/mol. The fourth-order valence-electron chi connectivity index (χ4n) is 3.47. The van der Waals surface area contributed by atoms with E-state index in [1.165, 1.54) is 12.1 Å². The number of hydrogen-bond acceptors (Lipinski definition) is 6. The van der Waals surface area contributed by atoms with Gasteiger partial charge in [0.25, 0.3) is 0 Å². The highest BCUT2D eigenvalue weighted by atomic mass is 32.2. The van der Waals surface area contributed by atoms with Gasteiger partial charge in [0, 0.05) is 44.5 Å². The average molecular weight is 440 g/mol. The molecule has 1 aromatic carbocycles. The number of fused-ring (bicyclic) bond motifs is 1. The van der Waals surface area contributed by atoms with E-state index >= 15 is 0 Å². The van der Waals surface area contributed by atoms with E-state index < -0.39 is 10.0 Å². The Morgan fingerprint density at radius 3 is 2.40 bits per heavy atom. The second kappa shape index (κ2) is 10.6. The minimum absolute atomic E-state index is 0.0198. The maximum absolute atomic E-state index is 12.5. The SMILES string of the molecule is O=C(CCNS(=O)(=O)c1ccc2c(c1)OCCCO2)NCCC(=O)NC1CCCC1. The van der Waals surface area contributed by atoms with E-state index in [1.807, 2.05) is 0 Å². The highest BCUT2D eigenvalue weighted by Crippen LogP contribution is 2.31. The van der Waals surface area contributed by atoms with Crippen LogP contribution in [0.1, 0.15) is 44.9 Å². The van der Waals surface area contributed by atoms with Crippen molar-refractivity contribution in [3.8, 4) is 11.5 Å². The van der Waals surface area contributed by atoms with E-state index in [0.29, 0.717) is 24.7 Å². The molecule has 30 heavy (non-hydrogen) atoms. The first-order valence-corrected chi connectivity index (χ1v) is 11.9. The highest BCUT2D eigenvalue weighted by molar-refractivity contribution is 7.89. The fraction of sp³-hybridized carbons (Fsp3) is 0.600. The number of ether oxygens (including phenoxy) is 2. The Bertz CT molecular complexity index is 852. The lowest BCUT2D eigenvalue weighted by Gasteiger charge is -2.12. The van der Waals surface area contributed by atoms with Crippen molar-refractivity contribution in [3.63, 3.8) is 0 Å². The molecule has 1 aromatic rings. The van der Waals surface area contributed by atoms with Crippen molar-refractivity contribution >= 4 is 21.8 Å². The van der Waals surface area contributed by atoms with Crippen LogP contribution in [0.25, 0.3) is 0 Å². The Hall–Kier alpha value is -2.33. The molecular formula is C20H29N3O6S. The lowest BCUT2D eigenvalue weighted by Crippen LogP contribution is -2.36. The summed E-state index contributed by atoms with van der Waals surface area (Å²) in [6.45, 7) is 1.17. The Morgan fingerprint density at radius 2 is 1.63 bits per heavy atom. The van der Waals surface area contributed by atoms with Crippen LogP contribution < -0.4 is 24.8 Å². The molecule has 2 aliphatic rings. The van der Waals surface area contributed by atoms with Crippen LogP contribution in [0, 0.1) is 0 Å². The summed E-state index contributed by atoms with van der Waals surface area (Å²) >= 11 is 0. The Labute approximate surface area is 176 Å². The summed E-state index contributed by atoms with van der Waals surface area (Å²) in [5.74, 6) is 0.522. The number of sulfonamides is 1. The molecule has 0 bridgehead atoms. The van der Waals surface area contributed by atoms with Crippen molar-refractivity contribution in [2.24, 2.45) is 0 Å². The summed E-state index contributed by atoms with van der Waals surface area (Å²) in [5, 5.41) is 5.60. The summed E-state index contributed by atoms with van der Waals surface area (Å²) in [5.41, 5.74) is 0. The zero-order chi connectivity index (χ0) is 21.4. The van der Waals surface area contributed by atoms with Gasteiger partial charge in [-0.1, -0.05) is 12.8 Å². The third kappa shape index (κ3) is 6.60. The maximum Gasteiger partial charge on any atom is 0.240 e. The molecule has 0 aromatic heterocycles. The van der Waals surface area contributed by atoms with Crippen molar-refractivity contribution < 1.29 is 27.5 Å². The number of carbonyl (C=O) groups is 2. The molecule has 0 unspecified atom stereocenters. The van der Waals surface area contributed by atoms with Crippen LogP contribution in [-0.2, 0) is 19.6 Å². The van der Waals surface area contributed by atoms with Gasteiger partial charge in [0.2, 0.25) is 21.8 Å². The van der Waals surface area contributed by atoms with Gasteiger partial charge >= 0.3 is 0 Å².